The molecule has 1 aromatic heterocycles. The van der Waals surface area contributed by atoms with Crippen LogP contribution in [-0.4, -0.2) is 35.6 Å². The Balaban J connectivity index is 1.70. The first-order chi connectivity index (χ1) is 10.3. The Morgan fingerprint density at radius 3 is 2.86 bits per heavy atom. The van der Waals surface area contributed by atoms with E-state index in [4.69, 9.17) is 4.42 Å². The van der Waals surface area contributed by atoms with Gasteiger partial charge < -0.3 is 9.73 Å². The zero-order valence-electron chi connectivity index (χ0n) is 12.2. The normalized spacial score (nSPS) is 18.5. The molecule has 0 aliphatic carbocycles. The van der Waals surface area contributed by atoms with Crippen molar-refractivity contribution in [3.63, 3.8) is 0 Å². The van der Waals surface area contributed by atoms with Crippen molar-refractivity contribution in [3.8, 4) is 11.3 Å². The Morgan fingerprint density at radius 1 is 1.38 bits per heavy atom. The van der Waals surface area contributed by atoms with Crippen molar-refractivity contribution >= 4 is 0 Å². The third-order valence-electron chi connectivity index (χ3n) is 3.98. The van der Waals surface area contributed by atoms with Crippen LogP contribution < -0.4 is 5.32 Å². The van der Waals surface area contributed by atoms with Crippen LogP contribution in [0.3, 0.4) is 0 Å². The smallest absolute Gasteiger partial charge is 0.209 e. The second kappa shape index (κ2) is 6.37. The van der Waals surface area contributed by atoms with E-state index < -0.39 is 0 Å². The van der Waals surface area contributed by atoms with Gasteiger partial charge in [0.25, 0.3) is 0 Å². The van der Waals surface area contributed by atoms with Crippen LogP contribution in [0.25, 0.3) is 11.3 Å². The van der Waals surface area contributed by atoms with Crippen LogP contribution in [-0.2, 0) is 6.54 Å². The minimum Gasteiger partial charge on any atom is -0.439 e. The fraction of sp³-hybridized carbons (Fsp3) is 0.438. The molecule has 1 fully saturated rings. The molecule has 112 valence electrons. The van der Waals surface area contributed by atoms with Crippen LogP contribution >= 0.6 is 0 Å². The van der Waals surface area contributed by atoms with Crippen LogP contribution in [0.15, 0.2) is 34.9 Å². The van der Waals surface area contributed by atoms with Gasteiger partial charge in [0.15, 0.2) is 5.76 Å². The number of nitrogens with zero attached hydrogens (tertiary/aromatic N) is 2. The average Bonchev–Trinajstić information content (AvgIpc) is 3.17. The molecule has 2 aromatic rings. The summed E-state index contributed by atoms with van der Waals surface area (Å²) < 4.78 is 18.7. The van der Waals surface area contributed by atoms with E-state index in [2.05, 4.69) is 22.1 Å². The number of aromatic nitrogens is 1. The fourth-order valence-corrected chi connectivity index (χ4v) is 2.75. The second-order valence-corrected chi connectivity index (χ2v) is 5.33. The minimum atomic E-state index is -0.246. The predicted molar refractivity (Wildman–Crippen MR) is 79.3 cm³/mol. The Hall–Kier alpha value is -1.72. The molecule has 1 aromatic carbocycles. The predicted octanol–water partition coefficient (Wildman–Crippen LogP) is 2.66. The summed E-state index contributed by atoms with van der Waals surface area (Å²) in [6, 6.07) is 6.83. The molecule has 1 saturated heterocycles. The quantitative estimate of drug-likeness (QED) is 0.919. The molecule has 0 amide bonds. The number of halogens is 1. The van der Waals surface area contributed by atoms with E-state index in [0.29, 0.717) is 24.2 Å². The van der Waals surface area contributed by atoms with Crippen LogP contribution in [0.2, 0.25) is 0 Å². The van der Waals surface area contributed by atoms with Crippen molar-refractivity contribution in [1.82, 2.24) is 15.2 Å². The van der Waals surface area contributed by atoms with E-state index >= 15 is 0 Å². The summed E-state index contributed by atoms with van der Waals surface area (Å²) in [4.78, 5) is 6.73. The maximum Gasteiger partial charge on any atom is 0.209 e. The van der Waals surface area contributed by atoms with E-state index in [1.54, 1.807) is 18.3 Å². The number of hydrogen-bond acceptors (Lipinski definition) is 4. The first kappa shape index (κ1) is 14.2. The van der Waals surface area contributed by atoms with Gasteiger partial charge in [-0.25, -0.2) is 9.37 Å². The molecule has 1 aliphatic heterocycles. The summed E-state index contributed by atoms with van der Waals surface area (Å²) in [7, 11) is 0. The molecule has 21 heavy (non-hydrogen) atoms. The first-order valence-corrected chi connectivity index (χ1v) is 7.41. The summed E-state index contributed by atoms with van der Waals surface area (Å²) in [5.74, 6) is 1.15. The summed E-state index contributed by atoms with van der Waals surface area (Å²) in [6.45, 7) is 5.94. The molecule has 0 saturated carbocycles. The number of hydrogen-bond donors (Lipinski definition) is 1. The number of oxazole rings is 1. The van der Waals surface area contributed by atoms with Gasteiger partial charge in [0, 0.05) is 18.2 Å². The lowest BCUT2D eigenvalue weighted by Gasteiger charge is -2.25. The van der Waals surface area contributed by atoms with E-state index in [-0.39, 0.29) is 5.82 Å². The average molecular weight is 289 g/mol. The van der Waals surface area contributed by atoms with E-state index in [9.17, 15) is 4.39 Å². The molecule has 1 aliphatic rings. The van der Waals surface area contributed by atoms with E-state index in [1.807, 2.05) is 0 Å². The van der Waals surface area contributed by atoms with Crippen LogP contribution in [0.4, 0.5) is 4.39 Å². The van der Waals surface area contributed by atoms with Gasteiger partial charge in [0.05, 0.1) is 12.7 Å². The number of likely N-dealkylation sites (N-methyl/N-ethyl adjacent to an activating group) is 1. The van der Waals surface area contributed by atoms with Crippen LogP contribution in [0.5, 0.6) is 0 Å². The van der Waals surface area contributed by atoms with E-state index in [0.717, 1.165) is 25.2 Å². The van der Waals surface area contributed by atoms with Crippen molar-refractivity contribution < 1.29 is 8.81 Å². The highest BCUT2D eigenvalue weighted by atomic mass is 19.1. The molecule has 5 heteroatoms. The Bertz CT molecular complexity index is 575. The van der Waals surface area contributed by atoms with Crippen molar-refractivity contribution in [2.75, 3.05) is 19.6 Å². The largest absolute Gasteiger partial charge is 0.439 e. The van der Waals surface area contributed by atoms with Gasteiger partial charge in [-0.2, -0.15) is 0 Å². The third-order valence-corrected chi connectivity index (χ3v) is 3.98. The first-order valence-electron chi connectivity index (χ1n) is 7.41. The maximum atomic E-state index is 12.9. The van der Waals surface area contributed by atoms with Gasteiger partial charge in [-0.1, -0.05) is 6.92 Å². The lowest BCUT2D eigenvalue weighted by atomic mass is 10.2. The molecular formula is C16H20FN3O. The topological polar surface area (TPSA) is 41.3 Å². The van der Waals surface area contributed by atoms with Gasteiger partial charge in [-0.05, 0) is 43.8 Å². The summed E-state index contributed by atoms with van der Waals surface area (Å²) >= 11 is 0. The third kappa shape index (κ3) is 3.31. The lowest BCUT2D eigenvalue weighted by molar-refractivity contribution is 0.191. The van der Waals surface area contributed by atoms with Gasteiger partial charge >= 0.3 is 0 Å². The van der Waals surface area contributed by atoms with Gasteiger partial charge in [-0.3, -0.25) is 4.90 Å². The van der Waals surface area contributed by atoms with Crippen molar-refractivity contribution in [1.29, 1.82) is 0 Å². The van der Waals surface area contributed by atoms with Gasteiger partial charge in [0.2, 0.25) is 5.89 Å². The Morgan fingerprint density at radius 2 is 2.19 bits per heavy atom. The van der Waals surface area contributed by atoms with Crippen LogP contribution in [0.1, 0.15) is 19.2 Å². The molecule has 2 heterocycles. The summed E-state index contributed by atoms with van der Waals surface area (Å²) in [5.41, 5.74) is 0.848. The molecule has 1 atom stereocenters. The van der Waals surface area contributed by atoms with Crippen molar-refractivity contribution in [2.45, 2.75) is 25.9 Å². The molecule has 4 nitrogen and oxygen atoms in total. The summed E-state index contributed by atoms with van der Waals surface area (Å²) in [6.07, 6.45) is 2.88. The Kier molecular flexibility index (Phi) is 4.31. The monoisotopic (exact) mass is 289 g/mol. The number of rotatable bonds is 5. The minimum absolute atomic E-state index is 0.246. The van der Waals surface area contributed by atoms with Crippen molar-refractivity contribution in [3.05, 3.63) is 42.2 Å². The van der Waals surface area contributed by atoms with Gasteiger partial charge in [-0.15, -0.1) is 0 Å². The summed E-state index contributed by atoms with van der Waals surface area (Å²) in [5, 5.41) is 3.38. The van der Waals surface area contributed by atoms with Gasteiger partial charge in [0.1, 0.15) is 5.82 Å². The van der Waals surface area contributed by atoms with E-state index in [1.165, 1.54) is 18.6 Å². The zero-order valence-corrected chi connectivity index (χ0v) is 12.2. The Labute approximate surface area is 124 Å². The van der Waals surface area contributed by atoms with Crippen molar-refractivity contribution in [2.24, 2.45) is 0 Å². The molecule has 0 bridgehead atoms. The molecule has 0 radical (unpaired) electrons. The number of benzene rings is 1. The second-order valence-electron chi connectivity index (χ2n) is 5.33. The SMILES string of the molecule is CCN(Cc1ncc(-c2ccc(F)cc2)o1)C1CCNC1. The van der Waals surface area contributed by atoms with Crippen LogP contribution in [0, 0.1) is 5.82 Å². The zero-order chi connectivity index (χ0) is 14.7. The lowest BCUT2D eigenvalue weighted by Crippen LogP contribution is -2.36. The fourth-order valence-electron chi connectivity index (χ4n) is 2.75. The standard InChI is InChI=1S/C16H20FN3O/c1-2-20(14-7-8-18-9-14)11-16-19-10-15(21-16)12-3-5-13(17)6-4-12/h3-6,10,14,18H,2,7-9,11H2,1H3. The molecule has 3 rings (SSSR count). The molecule has 1 N–H and O–H groups in total. The molecule has 0 spiro atoms. The number of nitrogens with one attached hydrogen (secondary N) is 1. The molecule has 1 unspecified atom stereocenters. The molecular weight excluding hydrogens is 269 g/mol. The highest BCUT2D eigenvalue weighted by Crippen LogP contribution is 2.22. The highest BCUT2D eigenvalue weighted by Gasteiger charge is 2.22. The maximum absolute atomic E-state index is 12.9. The highest BCUT2D eigenvalue weighted by molar-refractivity contribution is 5.55.